The molecule has 4 nitrogen and oxygen atoms in total. The molecule has 0 aliphatic heterocycles. The van der Waals surface area contributed by atoms with Gasteiger partial charge in [-0.25, -0.2) is 4.79 Å². The molecule has 1 aromatic rings. The number of hydrogen-bond donors (Lipinski definition) is 1. The Morgan fingerprint density at radius 1 is 1.38 bits per heavy atom. The second-order valence-electron chi connectivity index (χ2n) is 2.96. The van der Waals surface area contributed by atoms with Crippen LogP contribution in [0.5, 0.6) is 0 Å². The third kappa shape index (κ3) is 4.23. The molecule has 1 aromatic carbocycles. The summed E-state index contributed by atoms with van der Waals surface area (Å²) in [4.78, 5) is 24.0. The van der Waals surface area contributed by atoms with Gasteiger partial charge in [-0.3, -0.25) is 4.79 Å². The van der Waals surface area contributed by atoms with Crippen LogP contribution in [0.4, 0.5) is 5.69 Å². The van der Waals surface area contributed by atoms with Gasteiger partial charge in [0.15, 0.2) is 0 Å². The quantitative estimate of drug-likeness (QED) is 0.456. The number of rotatable bonds is 2. The van der Waals surface area contributed by atoms with Crippen LogP contribution in [0.1, 0.15) is 12.5 Å². The molecule has 0 saturated heterocycles. The lowest BCUT2D eigenvalue weighted by atomic mass is 10.2. The molecule has 0 radical (unpaired) electrons. The second kappa shape index (κ2) is 6.18. The molecule has 0 spiro atoms. The second-order valence-corrected chi connectivity index (χ2v) is 2.96. The van der Waals surface area contributed by atoms with Crippen LogP contribution < -0.4 is 5.32 Å². The van der Waals surface area contributed by atoms with Crippen molar-refractivity contribution < 1.29 is 9.59 Å². The molecule has 0 aliphatic carbocycles. The van der Waals surface area contributed by atoms with E-state index in [9.17, 15) is 9.59 Å². The number of aliphatic imine (C=N–C) groups is 1. The maximum absolute atomic E-state index is 10.5. The monoisotopic (exact) mass is 214 g/mol. The first-order chi connectivity index (χ1) is 7.72. The summed E-state index contributed by atoms with van der Waals surface area (Å²) in [6.45, 7) is 1.76. The van der Waals surface area contributed by atoms with E-state index >= 15 is 0 Å². The Hall–Kier alpha value is -2.37. The van der Waals surface area contributed by atoms with Crippen molar-refractivity contribution in [3.8, 4) is 11.8 Å². The Morgan fingerprint density at radius 2 is 2.06 bits per heavy atom. The smallest absolute Gasteiger partial charge is 0.240 e. The van der Waals surface area contributed by atoms with Crippen molar-refractivity contribution in [1.29, 1.82) is 0 Å². The van der Waals surface area contributed by atoms with Crippen LogP contribution in [-0.4, -0.2) is 18.5 Å². The number of hydrogen-bond acceptors (Lipinski definition) is 3. The average Bonchev–Trinajstić information content (AvgIpc) is 2.27. The van der Waals surface area contributed by atoms with Crippen molar-refractivity contribution >= 4 is 17.7 Å². The Kier molecular flexibility index (Phi) is 4.52. The first kappa shape index (κ1) is 11.7. The van der Waals surface area contributed by atoms with Gasteiger partial charge in [-0.05, 0) is 24.3 Å². The lowest BCUT2D eigenvalue weighted by Gasteiger charge is -1.92. The van der Waals surface area contributed by atoms with Crippen molar-refractivity contribution in [2.24, 2.45) is 4.99 Å². The van der Waals surface area contributed by atoms with Gasteiger partial charge in [-0.15, -0.1) is 0 Å². The fourth-order valence-corrected chi connectivity index (χ4v) is 0.987. The molecular formula is C12H10N2O2. The summed E-state index contributed by atoms with van der Waals surface area (Å²) >= 11 is 0. The third-order valence-corrected chi connectivity index (χ3v) is 1.70. The average molecular weight is 214 g/mol. The number of carbonyl (C=O) groups is 1. The highest BCUT2D eigenvalue weighted by atomic mass is 16.1. The van der Waals surface area contributed by atoms with Gasteiger partial charge in [-0.1, -0.05) is 11.8 Å². The molecule has 0 atom stereocenters. The zero-order chi connectivity index (χ0) is 11.8. The molecule has 0 heterocycles. The zero-order valence-electron chi connectivity index (χ0n) is 8.78. The van der Waals surface area contributed by atoms with E-state index in [0.29, 0.717) is 12.2 Å². The van der Waals surface area contributed by atoms with Gasteiger partial charge in [0.05, 0.1) is 12.2 Å². The van der Waals surface area contributed by atoms with Crippen LogP contribution in [0.15, 0.2) is 29.3 Å². The number of carbonyl (C=O) groups excluding carboxylic acids is 2. The number of nitrogens with zero attached hydrogens (tertiary/aromatic N) is 1. The maximum atomic E-state index is 10.5. The van der Waals surface area contributed by atoms with E-state index < -0.39 is 0 Å². The molecular weight excluding hydrogens is 204 g/mol. The lowest BCUT2D eigenvalue weighted by molar-refractivity contribution is -0.118. The highest BCUT2D eigenvalue weighted by molar-refractivity contribution is 5.73. The molecule has 0 aromatic heterocycles. The maximum Gasteiger partial charge on any atom is 0.240 e. The predicted molar refractivity (Wildman–Crippen MR) is 59.8 cm³/mol. The molecule has 0 unspecified atom stereocenters. The van der Waals surface area contributed by atoms with Crippen molar-refractivity contribution in [2.75, 3.05) is 6.54 Å². The molecule has 1 rings (SSSR count). The van der Waals surface area contributed by atoms with E-state index in [0.717, 1.165) is 5.56 Å². The van der Waals surface area contributed by atoms with E-state index in [2.05, 4.69) is 22.2 Å². The van der Waals surface area contributed by atoms with E-state index in [1.54, 1.807) is 24.3 Å². The van der Waals surface area contributed by atoms with Crippen LogP contribution in [0, 0.1) is 11.8 Å². The molecule has 4 heteroatoms. The number of isocyanates is 1. The van der Waals surface area contributed by atoms with Gasteiger partial charge >= 0.3 is 0 Å². The van der Waals surface area contributed by atoms with Gasteiger partial charge in [0.25, 0.3) is 0 Å². The Bertz CT molecular complexity index is 474. The minimum atomic E-state index is -0.107. The van der Waals surface area contributed by atoms with Crippen molar-refractivity contribution in [1.82, 2.24) is 5.32 Å². The van der Waals surface area contributed by atoms with Crippen molar-refractivity contribution in [3.05, 3.63) is 29.8 Å². The Morgan fingerprint density at radius 3 is 2.62 bits per heavy atom. The predicted octanol–water partition coefficient (Wildman–Crippen LogP) is 1.14. The molecule has 1 N–H and O–H groups in total. The summed E-state index contributed by atoms with van der Waals surface area (Å²) in [5.74, 6) is 5.55. The number of benzene rings is 1. The normalized spacial score (nSPS) is 8.31. The van der Waals surface area contributed by atoms with E-state index in [1.165, 1.54) is 13.0 Å². The third-order valence-electron chi connectivity index (χ3n) is 1.70. The number of amides is 1. The van der Waals surface area contributed by atoms with Gasteiger partial charge in [0.1, 0.15) is 0 Å². The summed E-state index contributed by atoms with van der Waals surface area (Å²) in [6, 6.07) is 6.84. The molecule has 0 fully saturated rings. The first-order valence-electron chi connectivity index (χ1n) is 4.63. The first-order valence-corrected chi connectivity index (χ1v) is 4.63. The van der Waals surface area contributed by atoms with Gasteiger partial charge < -0.3 is 5.32 Å². The topological polar surface area (TPSA) is 58.5 Å². The van der Waals surface area contributed by atoms with Gasteiger partial charge in [-0.2, -0.15) is 4.99 Å². The van der Waals surface area contributed by atoms with Crippen LogP contribution in [0.2, 0.25) is 0 Å². The van der Waals surface area contributed by atoms with Gasteiger partial charge in [0.2, 0.25) is 12.0 Å². The molecule has 80 valence electrons. The summed E-state index contributed by atoms with van der Waals surface area (Å²) in [5.41, 5.74) is 1.35. The van der Waals surface area contributed by atoms with Gasteiger partial charge in [0, 0.05) is 12.5 Å². The largest absolute Gasteiger partial charge is 0.345 e. The van der Waals surface area contributed by atoms with E-state index in [1.807, 2.05) is 0 Å². The summed E-state index contributed by atoms with van der Waals surface area (Å²) in [5, 5.41) is 2.57. The fraction of sp³-hybridized carbons (Fsp3) is 0.167. The lowest BCUT2D eigenvalue weighted by Crippen LogP contribution is -2.19. The van der Waals surface area contributed by atoms with Crippen LogP contribution in [0.3, 0.4) is 0 Å². The standard InChI is InChI=1S/C12H10N2O2/c1-10(16)13-8-2-3-11-4-6-12(7-5-11)14-9-15/h4-7H,8H2,1H3,(H,13,16). The van der Waals surface area contributed by atoms with E-state index in [-0.39, 0.29) is 5.91 Å². The van der Waals surface area contributed by atoms with Crippen molar-refractivity contribution in [3.63, 3.8) is 0 Å². The van der Waals surface area contributed by atoms with Crippen LogP contribution in [-0.2, 0) is 9.59 Å². The van der Waals surface area contributed by atoms with E-state index in [4.69, 9.17) is 0 Å². The Labute approximate surface area is 93.4 Å². The zero-order valence-corrected chi connectivity index (χ0v) is 8.78. The molecule has 0 aliphatic rings. The minimum absolute atomic E-state index is 0.107. The Balaban J connectivity index is 2.61. The summed E-state index contributed by atoms with van der Waals surface area (Å²) in [6.07, 6.45) is 1.46. The van der Waals surface area contributed by atoms with Crippen LogP contribution >= 0.6 is 0 Å². The number of nitrogens with one attached hydrogen (secondary N) is 1. The molecule has 16 heavy (non-hydrogen) atoms. The fourth-order valence-electron chi connectivity index (χ4n) is 0.987. The molecule has 0 saturated carbocycles. The van der Waals surface area contributed by atoms with Crippen molar-refractivity contribution in [2.45, 2.75) is 6.92 Å². The highest BCUT2D eigenvalue weighted by Gasteiger charge is 1.89. The summed E-state index contributed by atoms with van der Waals surface area (Å²) in [7, 11) is 0. The molecule has 0 bridgehead atoms. The van der Waals surface area contributed by atoms with Crippen LogP contribution in [0.25, 0.3) is 0 Å². The SMILES string of the molecule is CC(=O)NCC#Cc1ccc(N=C=O)cc1. The summed E-state index contributed by atoms with van der Waals surface area (Å²) < 4.78 is 0. The molecule has 1 amide bonds. The highest BCUT2D eigenvalue weighted by Crippen LogP contribution is 2.10. The minimum Gasteiger partial charge on any atom is -0.345 e.